The molecule has 0 saturated carbocycles. The molecule has 2 N–H and O–H groups in total. The first-order chi connectivity index (χ1) is 12.2. The number of fused-ring (bicyclic) bond motifs is 1. The average Bonchev–Trinajstić information content (AvgIpc) is 2.66. The minimum Gasteiger partial charge on any atom is -0.497 e. The third kappa shape index (κ3) is 4.57. The molecule has 126 valence electrons. The van der Waals surface area contributed by atoms with Crippen LogP contribution in [0.25, 0.3) is 10.8 Å². The van der Waals surface area contributed by atoms with Gasteiger partial charge in [0.15, 0.2) is 0 Å². The van der Waals surface area contributed by atoms with E-state index in [-0.39, 0.29) is 12.5 Å². The Kier molecular flexibility index (Phi) is 5.26. The van der Waals surface area contributed by atoms with Crippen molar-refractivity contribution in [2.24, 2.45) is 5.10 Å². The second kappa shape index (κ2) is 7.97. The maximum atomic E-state index is 11.9. The standard InChI is InChI=1S/C20H19N3O2/c1-25-19-8-4-5-15(11-19)13-22-23-20(24)14-21-18-10-9-16-6-2-3-7-17(16)12-18/h2-13,21H,14H2,1H3,(H,23,24)/b22-13+. The molecule has 0 heterocycles. The molecule has 0 radical (unpaired) electrons. The third-order valence-corrected chi connectivity index (χ3v) is 3.70. The summed E-state index contributed by atoms with van der Waals surface area (Å²) < 4.78 is 5.14. The molecule has 0 aliphatic rings. The number of methoxy groups -OCH3 is 1. The van der Waals surface area contributed by atoms with Gasteiger partial charge in [0.1, 0.15) is 5.75 Å². The summed E-state index contributed by atoms with van der Waals surface area (Å²) >= 11 is 0. The number of ether oxygens (including phenoxy) is 1. The van der Waals surface area contributed by atoms with Crippen molar-refractivity contribution < 1.29 is 9.53 Å². The summed E-state index contributed by atoms with van der Waals surface area (Å²) in [6.07, 6.45) is 1.58. The van der Waals surface area contributed by atoms with Gasteiger partial charge in [-0.3, -0.25) is 4.79 Å². The first-order valence-corrected chi connectivity index (χ1v) is 7.93. The number of hydrogen-bond donors (Lipinski definition) is 2. The molecule has 5 heteroatoms. The lowest BCUT2D eigenvalue weighted by atomic mass is 10.1. The first-order valence-electron chi connectivity index (χ1n) is 7.93. The number of nitrogens with zero attached hydrogens (tertiary/aromatic N) is 1. The molecule has 3 rings (SSSR count). The van der Waals surface area contributed by atoms with Gasteiger partial charge >= 0.3 is 0 Å². The lowest BCUT2D eigenvalue weighted by Crippen LogP contribution is -2.25. The van der Waals surface area contributed by atoms with Crippen LogP contribution in [0.3, 0.4) is 0 Å². The van der Waals surface area contributed by atoms with Gasteiger partial charge in [0.05, 0.1) is 19.9 Å². The Morgan fingerprint density at radius 1 is 1.04 bits per heavy atom. The van der Waals surface area contributed by atoms with E-state index in [0.717, 1.165) is 22.4 Å². The quantitative estimate of drug-likeness (QED) is 0.537. The Balaban J connectivity index is 1.52. The molecule has 1 amide bonds. The van der Waals surface area contributed by atoms with Crippen molar-refractivity contribution in [3.05, 3.63) is 72.3 Å². The van der Waals surface area contributed by atoms with Crippen LogP contribution in [0, 0.1) is 0 Å². The SMILES string of the molecule is COc1cccc(/C=N/NC(=O)CNc2ccc3ccccc3c2)c1. The number of amides is 1. The van der Waals surface area contributed by atoms with Gasteiger partial charge in [0.2, 0.25) is 0 Å². The van der Waals surface area contributed by atoms with E-state index < -0.39 is 0 Å². The zero-order valence-electron chi connectivity index (χ0n) is 13.9. The van der Waals surface area contributed by atoms with E-state index >= 15 is 0 Å². The number of carbonyl (C=O) groups excluding carboxylic acids is 1. The molecule has 3 aromatic carbocycles. The van der Waals surface area contributed by atoms with Crippen LogP contribution in [-0.4, -0.2) is 25.8 Å². The summed E-state index contributed by atoms with van der Waals surface area (Å²) in [4.78, 5) is 11.9. The highest BCUT2D eigenvalue weighted by Crippen LogP contribution is 2.18. The van der Waals surface area contributed by atoms with Crippen LogP contribution in [0.5, 0.6) is 5.75 Å². The number of carbonyl (C=O) groups is 1. The van der Waals surface area contributed by atoms with Gasteiger partial charge in [-0.15, -0.1) is 0 Å². The van der Waals surface area contributed by atoms with E-state index in [1.807, 2.05) is 60.7 Å². The fourth-order valence-electron chi connectivity index (χ4n) is 2.42. The van der Waals surface area contributed by atoms with Crippen LogP contribution in [-0.2, 0) is 4.79 Å². The summed E-state index contributed by atoms with van der Waals surface area (Å²) in [5, 5.41) is 9.35. The number of anilines is 1. The van der Waals surface area contributed by atoms with Gasteiger partial charge in [-0.05, 0) is 40.6 Å². The van der Waals surface area contributed by atoms with Crippen LogP contribution >= 0.6 is 0 Å². The van der Waals surface area contributed by atoms with Crippen molar-refractivity contribution in [1.29, 1.82) is 0 Å². The summed E-state index contributed by atoms with van der Waals surface area (Å²) in [5.41, 5.74) is 4.25. The van der Waals surface area contributed by atoms with E-state index in [9.17, 15) is 4.79 Å². The van der Waals surface area contributed by atoms with Crippen molar-refractivity contribution in [2.75, 3.05) is 19.0 Å². The molecule has 0 spiro atoms. The summed E-state index contributed by atoms with van der Waals surface area (Å²) in [6, 6.07) is 21.5. The lowest BCUT2D eigenvalue weighted by molar-refractivity contribution is -0.119. The van der Waals surface area contributed by atoms with Crippen LogP contribution in [0.15, 0.2) is 71.8 Å². The van der Waals surface area contributed by atoms with E-state index in [1.165, 1.54) is 5.39 Å². The minimum atomic E-state index is -0.215. The maximum Gasteiger partial charge on any atom is 0.259 e. The second-order valence-corrected chi connectivity index (χ2v) is 5.49. The maximum absolute atomic E-state index is 11.9. The summed E-state index contributed by atoms with van der Waals surface area (Å²) in [7, 11) is 1.61. The van der Waals surface area contributed by atoms with Crippen molar-refractivity contribution in [3.63, 3.8) is 0 Å². The number of nitrogens with one attached hydrogen (secondary N) is 2. The Morgan fingerprint density at radius 3 is 2.72 bits per heavy atom. The molecule has 25 heavy (non-hydrogen) atoms. The first kappa shape index (κ1) is 16.5. The number of rotatable bonds is 6. The highest BCUT2D eigenvalue weighted by atomic mass is 16.5. The number of benzene rings is 3. The van der Waals surface area contributed by atoms with Gasteiger partial charge < -0.3 is 10.1 Å². The van der Waals surface area contributed by atoms with E-state index in [0.29, 0.717) is 0 Å². The molecule has 5 nitrogen and oxygen atoms in total. The fourth-order valence-corrected chi connectivity index (χ4v) is 2.42. The molecular weight excluding hydrogens is 314 g/mol. The molecule has 0 saturated heterocycles. The molecular formula is C20H19N3O2. The summed E-state index contributed by atoms with van der Waals surface area (Å²) in [5.74, 6) is 0.528. The number of hydrogen-bond acceptors (Lipinski definition) is 4. The Labute approximate surface area is 146 Å². The van der Waals surface area contributed by atoms with Crippen LogP contribution < -0.4 is 15.5 Å². The molecule has 0 bridgehead atoms. The van der Waals surface area contributed by atoms with Gasteiger partial charge in [-0.2, -0.15) is 5.10 Å². The molecule has 0 unspecified atom stereocenters. The Hall–Kier alpha value is -3.34. The lowest BCUT2D eigenvalue weighted by Gasteiger charge is -2.06. The topological polar surface area (TPSA) is 62.7 Å². The fraction of sp³-hybridized carbons (Fsp3) is 0.100. The third-order valence-electron chi connectivity index (χ3n) is 3.70. The van der Waals surface area contributed by atoms with Crippen molar-refractivity contribution >= 4 is 28.6 Å². The van der Waals surface area contributed by atoms with Gasteiger partial charge in [-0.1, -0.05) is 42.5 Å². The van der Waals surface area contributed by atoms with Crippen molar-refractivity contribution in [2.45, 2.75) is 0 Å². The number of hydrazone groups is 1. The highest BCUT2D eigenvalue weighted by molar-refractivity contribution is 5.87. The van der Waals surface area contributed by atoms with Gasteiger partial charge in [0, 0.05) is 5.69 Å². The smallest absolute Gasteiger partial charge is 0.259 e. The molecule has 3 aromatic rings. The monoisotopic (exact) mass is 333 g/mol. The van der Waals surface area contributed by atoms with Crippen LogP contribution in [0.4, 0.5) is 5.69 Å². The molecule has 0 fully saturated rings. The molecule has 0 aliphatic heterocycles. The van der Waals surface area contributed by atoms with Crippen LogP contribution in [0.1, 0.15) is 5.56 Å². The Bertz CT molecular complexity index is 906. The minimum absolute atomic E-state index is 0.147. The highest BCUT2D eigenvalue weighted by Gasteiger charge is 2.01. The van der Waals surface area contributed by atoms with Gasteiger partial charge in [0.25, 0.3) is 5.91 Å². The van der Waals surface area contributed by atoms with Crippen molar-refractivity contribution in [3.8, 4) is 5.75 Å². The second-order valence-electron chi connectivity index (χ2n) is 5.49. The summed E-state index contributed by atoms with van der Waals surface area (Å²) in [6.45, 7) is 0.147. The average molecular weight is 333 g/mol. The van der Waals surface area contributed by atoms with Gasteiger partial charge in [-0.25, -0.2) is 5.43 Å². The normalized spacial score (nSPS) is 10.8. The largest absolute Gasteiger partial charge is 0.497 e. The van der Waals surface area contributed by atoms with E-state index in [2.05, 4.69) is 21.9 Å². The van der Waals surface area contributed by atoms with E-state index in [1.54, 1.807) is 13.3 Å². The van der Waals surface area contributed by atoms with Crippen LogP contribution in [0.2, 0.25) is 0 Å². The predicted molar refractivity (Wildman–Crippen MR) is 101 cm³/mol. The van der Waals surface area contributed by atoms with E-state index in [4.69, 9.17) is 4.74 Å². The molecule has 0 aromatic heterocycles. The molecule has 0 aliphatic carbocycles. The Morgan fingerprint density at radius 2 is 1.88 bits per heavy atom. The zero-order chi connectivity index (χ0) is 17.5. The van der Waals surface area contributed by atoms with Crippen molar-refractivity contribution in [1.82, 2.24) is 5.43 Å². The zero-order valence-corrected chi connectivity index (χ0v) is 13.9. The predicted octanol–water partition coefficient (Wildman–Crippen LogP) is 3.41. The molecule has 0 atom stereocenters.